The van der Waals surface area contributed by atoms with Gasteiger partial charge in [0.15, 0.2) is 5.78 Å². The quantitative estimate of drug-likeness (QED) is 0.434. The van der Waals surface area contributed by atoms with Crippen LogP contribution in [0.5, 0.6) is 5.75 Å². The second kappa shape index (κ2) is 12.9. The lowest BCUT2D eigenvalue weighted by molar-refractivity contribution is -0.139. The standard InChI is InChI=1S/C28H37N3O6S/c1-20(28(34)29-24-12-6-5-7-13-24)30(18-22-10-8-15-26(16-22)37-3)27(33)19-31(38(4,35)36)25-14-9-11-23(17-25)21(2)32/h8-11,14-17,20,24H,5-7,12-13,18-19H2,1-4H3,(H,29,34)/t20-/m0/s1. The molecule has 0 spiro atoms. The van der Waals surface area contributed by atoms with E-state index in [1.54, 1.807) is 44.4 Å². The number of ketones is 1. The Morgan fingerprint density at radius 1 is 1.05 bits per heavy atom. The summed E-state index contributed by atoms with van der Waals surface area (Å²) in [5, 5.41) is 3.07. The number of carbonyl (C=O) groups is 3. The van der Waals surface area contributed by atoms with E-state index in [0.717, 1.165) is 48.2 Å². The predicted molar refractivity (Wildman–Crippen MR) is 147 cm³/mol. The van der Waals surface area contributed by atoms with Crippen LogP contribution in [0.15, 0.2) is 48.5 Å². The molecule has 0 unspecified atom stereocenters. The number of carbonyl (C=O) groups excluding carboxylic acids is 3. The highest BCUT2D eigenvalue weighted by Crippen LogP contribution is 2.22. The molecule has 1 fully saturated rings. The van der Waals surface area contributed by atoms with Crippen LogP contribution in [0.2, 0.25) is 0 Å². The van der Waals surface area contributed by atoms with E-state index in [9.17, 15) is 22.8 Å². The summed E-state index contributed by atoms with van der Waals surface area (Å²) in [4.78, 5) is 40.2. The number of amides is 2. The Hall–Kier alpha value is -3.40. The summed E-state index contributed by atoms with van der Waals surface area (Å²) in [6.45, 7) is 2.60. The Bertz CT molecular complexity index is 1260. The number of Topliss-reactive ketones (excluding diaryl/α,β-unsaturated/α-hetero) is 1. The van der Waals surface area contributed by atoms with Crippen molar-refractivity contribution in [2.75, 3.05) is 24.2 Å². The van der Waals surface area contributed by atoms with Crippen molar-refractivity contribution in [2.24, 2.45) is 0 Å². The maximum atomic E-state index is 13.7. The minimum Gasteiger partial charge on any atom is -0.497 e. The highest BCUT2D eigenvalue weighted by molar-refractivity contribution is 7.92. The summed E-state index contributed by atoms with van der Waals surface area (Å²) < 4.78 is 31.8. The third-order valence-corrected chi connectivity index (χ3v) is 7.97. The van der Waals surface area contributed by atoms with Crippen LogP contribution in [0.25, 0.3) is 0 Å². The second-order valence-electron chi connectivity index (χ2n) is 9.77. The molecule has 1 atom stereocenters. The van der Waals surface area contributed by atoms with Crippen LogP contribution in [0.1, 0.15) is 61.9 Å². The lowest BCUT2D eigenvalue weighted by Gasteiger charge is -2.33. The van der Waals surface area contributed by atoms with E-state index in [4.69, 9.17) is 4.74 Å². The fourth-order valence-corrected chi connectivity index (χ4v) is 5.45. The van der Waals surface area contributed by atoms with Crippen LogP contribution in [0, 0.1) is 0 Å². The van der Waals surface area contributed by atoms with Gasteiger partial charge in [0, 0.05) is 18.2 Å². The molecule has 3 rings (SSSR count). The Morgan fingerprint density at radius 3 is 2.37 bits per heavy atom. The molecular formula is C28H37N3O6S. The minimum absolute atomic E-state index is 0.0642. The van der Waals surface area contributed by atoms with Gasteiger partial charge in [-0.05, 0) is 56.5 Å². The van der Waals surface area contributed by atoms with Gasteiger partial charge in [-0.3, -0.25) is 18.7 Å². The molecule has 0 radical (unpaired) electrons. The van der Waals surface area contributed by atoms with Crippen LogP contribution >= 0.6 is 0 Å². The van der Waals surface area contributed by atoms with Gasteiger partial charge in [-0.15, -0.1) is 0 Å². The number of hydrogen-bond donors (Lipinski definition) is 1. The summed E-state index contributed by atoms with van der Waals surface area (Å²) in [5.41, 5.74) is 1.27. The number of anilines is 1. The molecular weight excluding hydrogens is 506 g/mol. The zero-order valence-electron chi connectivity index (χ0n) is 22.5. The first kappa shape index (κ1) is 29.2. The highest BCUT2D eigenvalue weighted by atomic mass is 32.2. The second-order valence-corrected chi connectivity index (χ2v) is 11.7. The number of nitrogens with zero attached hydrogens (tertiary/aromatic N) is 2. The number of ether oxygens (including phenoxy) is 1. The molecule has 0 bridgehead atoms. The Morgan fingerprint density at radius 2 is 1.74 bits per heavy atom. The molecule has 206 valence electrons. The van der Waals surface area contributed by atoms with Crippen LogP contribution in [-0.2, 0) is 26.2 Å². The topological polar surface area (TPSA) is 113 Å². The molecule has 2 aromatic carbocycles. The van der Waals surface area contributed by atoms with Crippen molar-refractivity contribution >= 4 is 33.3 Å². The summed E-state index contributed by atoms with van der Waals surface area (Å²) in [6, 6.07) is 12.5. The largest absolute Gasteiger partial charge is 0.497 e. The summed E-state index contributed by atoms with van der Waals surface area (Å²) in [6.07, 6.45) is 6.05. The maximum Gasteiger partial charge on any atom is 0.244 e. The fourth-order valence-electron chi connectivity index (χ4n) is 4.61. The van der Waals surface area contributed by atoms with E-state index in [-0.39, 0.29) is 30.0 Å². The van der Waals surface area contributed by atoms with E-state index >= 15 is 0 Å². The van der Waals surface area contributed by atoms with Gasteiger partial charge in [0.1, 0.15) is 18.3 Å². The molecule has 2 aromatic rings. The van der Waals surface area contributed by atoms with E-state index in [1.165, 1.54) is 24.0 Å². The van der Waals surface area contributed by atoms with Crippen LogP contribution in [0.4, 0.5) is 5.69 Å². The fraction of sp³-hybridized carbons (Fsp3) is 0.464. The zero-order valence-corrected chi connectivity index (χ0v) is 23.3. The van der Waals surface area contributed by atoms with Crippen molar-refractivity contribution in [2.45, 2.75) is 64.6 Å². The molecule has 1 aliphatic carbocycles. The highest BCUT2D eigenvalue weighted by Gasteiger charge is 2.31. The summed E-state index contributed by atoms with van der Waals surface area (Å²) in [7, 11) is -2.34. The summed E-state index contributed by atoms with van der Waals surface area (Å²) >= 11 is 0. The van der Waals surface area contributed by atoms with Gasteiger partial charge >= 0.3 is 0 Å². The van der Waals surface area contributed by atoms with Gasteiger partial charge in [0.2, 0.25) is 21.8 Å². The van der Waals surface area contributed by atoms with Crippen molar-refractivity contribution in [3.05, 3.63) is 59.7 Å². The van der Waals surface area contributed by atoms with E-state index in [0.29, 0.717) is 11.3 Å². The average molecular weight is 544 g/mol. The zero-order chi connectivity index (χ0) is 27.9. The van der Waals surface area contributed by atoms with Crippen molar-refractivity contribution in [3.63, 3.8) is 0 Å². The molecule has 10 heteroatoms. The SMILES string of the molecule is COc1cccc(CN(C(=O)CN(c2cccc(C(C)=O)c2)S(C)(=O)=O)[C@@H](C)C(=O)NC2CCCCC2)c1. The number of rotatable bonds is 11. The van der Waals surface area contributed by atoms with Gasteiger partial charge in [-0.1, -0.05) is 43.5 Å². The monoisotopic (exact) mass is 543 g/mol. The van der Waals surface area contributed by atoms with Crippen LogP contribution < -0.4 is 14.4 Å². The maximum absolute atomic E-state index is 13.7. The molecule has 0 aromatic heterocycles. The molecule has 0 heterocycles. The van der Waals surface area contributed by atoms with E-state index in [2.05, 4.69) is 5.32 Å². The van der Waals surface area contributed by atoms with Crippen molar-refractivity contribution in [1.29, 1.82) is 0 Å². The minimum atomic E-state index is -3.89. The first-order valence-corrected chi connectivity index (χ1v) is 14.7. The number of nitrogens with one attached hydrogen (secondary N) is 1. The van der Waals surface area contributed by atoms with E-state index < -0.39 is 28.5 Å². The number of methoxy groups -OCH3 is 1. The molecule has 0 aliphatic heterocycles. The number of sulfonamides is 1. The average Bonchev–Trinajstić information content (AvgIpc) is 2.89. The third kappa shape index (κ3) is 7.80. The van der Waals surface area contributed by atoms with Gasteiger partial charge < -0.3 is 15.0 Å². The summed E-state index contributed by atoms with van der Waals surface area (Å²) in [5.74, 6) is -0.442. The smallest absolute Gasteiger partial charge is 0.244 e. The van der Waals surface area contributed by atoms with Gasteiger partial charge in [0.25, 0.3) is 0 Å². The Labute approximate surface area is 225 Å². The molecule has 0 saturated heterocycles. The third-order valence-electron chi connectivity index (χ3n) is 6.83. The predicted octanol–water partition coefficient (Wildman–Crippen LogP) is 3.53. The lowest BCUT2D eigenvalue weighted by Crippen LogP contribution is -2.53. The first-order valence-electron chi connectivity index (χ1n) is 12.8. The van der Waals surface area contributed by atoms with Gasteiger partial charge in [-0.25, -0.2) is 8.42 Å². The molecule has 2 amide bonds. The Kier molecular flexibility index (Phi) is 9.90. The number of benzene rings is 2. The molecule has 1 N–H and O–H groups in total. The van der Waals surface area contributed by atoms with Gasteiger partial charge in [0.05, 0.1) is 19.1 Å². The van der Waals surface area contributed by atoms with Crippen molar-refractivity contribution in [1.82, 2.24) is 10.2 Å². The Balaban J connectivity index is 1.91. The normalized spacial score (nSPS) is 14.8. The molecule has 1 aliphatic rings. The van der Waals surface area contributed by atoms with Crippen LogP contribution in [-0.4, -0.2) is 62.9 Å². The van der Waals surface area contributed by atoms with Crippen molar-refractivity contribution < 1.29 is 27.5 Å². The lowest BCUT2D eigenvalue weighted by atomic mass is 9.95. The van der Waals surface area contributed by atoms with Gasteiger partial charge in [-0.2, -0.15) is 0 Å². The van der Waals surface area contributed by atoms with Crippen molar-refractivity contribution in [3.8, 4) is 5.75 Å². The van der Waals surface area contributed by atoms with Crippen LogP contribution in [0.3, 0.4) is 0 Å². The molecule has 1 saturated carbocycles. The molecule has 9 nitrogen and oxygen atoms in total. The molecule has 38 heavy (non-hydrogen) atoms. The number of hydrogen-bond acceptors (Lipinski definition) is 6. The first-order chi connectivity index (χ1) is 18.0. The van der Waals surface area contributed by atoms with E-state index in [1.807, 2.05) is 6.07 Å².